The van der Waals surface area contributed by atoms with E-state index in [1.807, 2.05) is 30.3 Å². The van der Waals surface area contributed by atoms with Crippen LogP contribution in [0.15, 0.2) is 64.5 Å². The van der Waals surface area contributed by atoms with Gasteiger partial charge in [-0.05, 0) is 42.0 Å². The zero-order valence-corrected chi connectivity index (χ0v) is 21.4. The quantitative estimate of drug-likeness (QED) is 0.308. The molecule has 3 rings (SSSR count). The maximum atomic E-state index is 12.9. The molecular weight excluding hydrogens is 523 g/mol. The summed E-state index contributed by atoms with van der Waals surface area (Å²) >= 11 is 0. The van der Waals surface area contributed by atoms with E-state index in [1.54, 1.807) is 23.5 Å². The van der Waals surface area contributed by atoms with E-state index in [4.69, 9.17) is 0 Å². The Labute approximate surface area is 203 Å². The molecule has 2 aromatic rings. The van der Waals surface area contributed by atoms with E-state index >= 15 is 0 Å². The first-order chi connectivity index (χ1) is 14.5. The number of aliphatic imine (C=N–C) groups is 1. The summed E-state index contributed by atoms with van der Waals surface area (Å²) in [4.78, 5) is 4.65. The van der Waals surface area contributed by atoms with E-state index in [0.29, 0.717) is 36.4 Å². The third-order valence-corrected chi connectivity index (χ3v) is 7.37. The van der Waals surface area contributed by atoms with Gasteiger partial charge >= 0.3 is 0 Å². The molecule has 0 aromatic heterocycles. The first kappa shape index (κ1) is 25.6. The maximum absolute atomic E-state index is 12.9. The van der Waals surface area contributed by atoms with Crippen LogP contribution in [0.1, 0.15) is 43.2 Å². The number of nitrogens with zero attached hydrogens (tertiary/aromatic N) is 2. The van der Waals surface area contributed by atoms with Gasteiger partial charge in [-0.1, -0.05) is 55.8 Å². The maximum Gasteiger partial charge on any atom is 0.243 e. The molecule has 1 heterocycles. The fraction of sp³-hybridized carbons (Fsp3) is 0.435. The summed E-state index contributed by atoms with van der Waals surface area (Å²) in [5.74, 6) is 1.05. The number of rotatable bonds is 7. The van der Waals surface area contributed by atoms with E-state index in [1.165, 1.54) is 5.56 Å². The fourth-order valence-corrected chi connectivity index (χ4v) is 5.21. The highest BCUT2D eigenvalue weighted by atomic mass is 127. The SMILES string of the molecule is CN=C(NCc1cccc(S(=O)(=O)N2CCCCC2)c1)NCC(C)c1ccccc1.I. The molecule has 0 amide bonds. The first-order valence-corrected chi connectivity index (χ1v) is 12.0. The van der Waals surface area contributed by atoms with Gasteiger partial charge in [0.1, 0.15) is 0 Å². The highest BCUT2D eigenvalue weighted by Crippen LogP contribution is 2.21. The molecule has 2 aromatic carbocycles. The molecule has 1 aliphatic rings. The van der Waals surface area contributed by atoms with Gasteiger partial charge in [0.25, 0.3) is 0 Å². The van der Waals surface area contributed by atoms with Crippen molar-refractivity contribution in [2.45, 2.75) is 43.5 Å². The number of hydrogen-bond donors (Lipinski definition) is 2. The van der Waals surface area contributed by atoms with Crippen LogP contribution < -0.4 is 10.6 Å². The van der Waals surface area contributed by atoms with Gasteiger partial charge in [0.15, 0.2) is 5.96 Å². The van der Waals surface area contributed by atoms with Crippen LogP contribution in [-0.4, -0.2) is 45.4 Å². The smallest absolute Gasteiger partial charge is 0.243 e. The molecule has 1 unspecified atom stereocenters. The molecule has 1 saturated heterocycles. The van der Waals surface area contributed by atoms with Gasteiger partial charge in [0.05, 0.1) is 4.90 Å². The second-order valence-corrected chi connectivity index (χ2v) is 9.67. The zero-order chi connectivity index (χ0) is 21.4. The van der Waals surface area contributed by atoms with Gasteiger partial charge in [-0.15, -0.1) is 24.0 Å². The third-order valence-electron chi connectivity index (χ3n) is 5.48. The molecule has 0 spiro atoms. The molecule has 1 fully saturated rings. The van der Waals surface area contributed by atoms with Crippen molar-refractivity contribution in [3.05, 3.63) is 65.7 Å². The third kappa shape index (κ3) is 7.18. The Morgan fingerprint density at radius 1 is 1.03 bits per heavy atom. The van der Waals surface area contributed by atoms with Gasteiger partial charge in [0, 0.05) is 33.2 Å². The molecular formula is C23H33IN4O2S. The minimum absolute atomic E-state index is 0. The van der Waals surface area contributed by atoms with E-state index in [-0.39, 0.29) is 24.0 Å². The zero-order valence-electron chi connectivity index (χ0n) is 18.3. The van der Waals surface area contributed by atoms with Crippen molar-refractivity contribution in [3.8, 4) is 0 Å². The van der Waals surface area contributed by atoms with Crippen LogP contribution >= 0.6 is 24.0 Å². The standard InChI is InChI=1S/C23H32N4O2S.HI/c1-19(21-11-5-3-6-12-21)17-25-23(24-2)26-18-20-10-9-13-22(16-20)30(28,29)27-14-7-4-8-15-27;/h3,5-6,9-13,16,19H,4,7-8,14-15,17-18H2,1-2H3,(H2,24,25,26);1H. The van der Waals surface area contributed by atoms with E-state index < -0.39 is 10.0 Å². The summed E-state index contributed by atoms with van der Waals surface area (Å²) in [7, 11) is -1.69. The molecule has 8 heteroatoms. The normalized spacial score (nSPS) is 16.3. The number of sulfonamides is 1. The van der Waals surface area contributed by atoms with E-state index in [0.717, 1.165) is 31.4 Å². The van der Waals surface area contributed by atoms with Crippen LogP contribution in [0, 0.1) is 0 Å². The van der Waals surface area contributed by atoms with Crippen LogP contribution in [-0.2, 0) is 16.6 Å². The van der Waals surface area contributed by atoms with Crippen molar-refractivity contribution >= 4 is 40.0 Å². The molecule has 2 N–H and O–H groups in total. The van der Waals surface area contributed by atoms with E-state index in [2.05, 4.69) is 34.7 Å². The molecule has 170 valence electrons. The summed E-state index contributed by atoms with van der Waals surface area (Å²) in [6.07, 6.45) is 2.97. The van der Waals surface area contributed by atoms with Gasteiger partial charge in [0.2, 0.25) is 10.0 Å². The Bertz CT molecular complexity index is 945. The van der Waals surface area contributed by atoms with Crippen LogP contribution in [0.3, 0.4) is 0 Å². The van der Waals surface area contributed by atoms with Gasteiger partial charge in [-0.2, -0.15) is 4.31 Å². The first-order valence-electron chi connectivity index (χ1n) is 10.6. The van der Waals surface area contributed by atoms with Crippen molar-refractivity contribution in [1.82, 2.24) is 14.9 Å². The average molecular weight is 557 g/mol. The lowest BCUT2D eigenvalue weighted by atomic mass is 10.0. The topological polar surface area (TPSA) is 73.8 Å². The molecule has 0 bridgehead atoms. The molecule has 1 atom stereocenters. The fourth-order valence-electron chi connectivity index (χ4n) is 3.63. The number of nitrogens with one attached hydrogen (secondary N) is 2. The number of piperidine rings is 1. The Hall–Kier alpha value is -1.65. The van der Waals surface area contributed by atoms with E-state index in [9.17, 15) is 8.42 Å². The lowest BCUT2D eigenvalue weighted by molar-refractivity contribution is 0.346. The summed E-state index contributed by atoms with van der Waals surface area (Å²) in [5, 5.41) is 6.63. The summed E-state index contributed by atoms with van der Waals surface area (Å²) in [6.45, 7) is 4.66. The van der Waals surface area contributed by atoms with Gasteiger partial charge in [-0.25, -0.2) is 8.42 Å². The second-order valence-electron chi connectivity index (χ2n) is 7.73. The summed E-state index contributed by atoms with van der Waals surface area (Å²) in [6, 6.07) is 17.5. The number of halogens is 1. The molecule has 0 saturated carbocycles. The van der Waals surface area contributed by atoms with Crippen LogP contribution in [0.4, 0.5) is 0 Å². The van der Waals surface area contributed by atoms with Gasteiger partial charge in [-0.3, -0.25) is 4.99 Å². The van der Waals surface area contributed by atoms with Gasteiger partial charge < -0.3 is 10.6 Å². The Balaban J connectivity index is 0.00000341. The van der Waals surface area contributed by atoms with Crippen LogP contribution in [0.5, 0.6) is 0 Å². The Morgan fingerprint density at radius 2 is 1.74 bits per heavy atom. The van der Waals surface area contributed by atoms with Crippen LogP contribution in [0.25, 0.3) is 0 Å². The largest absolute Gasteiger partial charge is 0.356 e. The summed E-state index contributed by atoms with van der Waals surface area (Å²) in [5.41, 5.74) is 2.18. The molecule has 1 aliphatic heterocycles. The molecule has 31 heavy (non-hydrogen) atoms. The number of guanidine groups is 1. The molecule has 6 nitrogen and oxygen atoms in total. The lowest BCUT2D eigenvalue weighted by Crippen LogP contribution is -2.38. The average Bonchev–Trinajstić information content (AvgIpc) is 2.80. The molecule has 0 radical (unpaired) electrons. The minimum atomic E-state index is -3.42. The highest BCUT2D eigenvalue weighted by molar-refractivity contribution is 14.0. The minimum Gasteiger partial charge on any atom is -0.356 e. The van der Waals surface area contributed by atoms with Crippen molar-refractivity contribution in [3.63, 3.8) is 0 Å². The highest BCUT2D eigenvalue weighted by Gasteiger charge is 2.25. The molecule has 0 aliphatic carbocycles. The van der Waals surface area contributed by atoms with Crippen molar-refractivity contribution < 1.29 is 8.42 Å². The lowest BCUT2D eigenvalue weighted by Gasteiger charge is -2.26. The number of hydrogen-bond acceptors (Lipinski definition) is 3. The second kappa shape index (κ2) is 12.4. The predicted octanol–water partition coefficient (Wildman–Crippen LogP) is 3.95. The number of benzene rings is 2. The predicted molar refractivity (Wildman–Crippen MR) is 138 cm³/mol. The van der Waals surface area contributed by atoms with Crippen molar-refractivity contribution in [1.29, 1.82) is 0 Å². The monoisotopic (exact) mass is 556 g/mol. The Kier molecular flexibility index (Phi) is 10.2. The summed E-state index contributed by atoms with van der Waals surface area (Å²) < 4.78 is 27.4. The Morgan fingerprint density at radius 3 is 2.42 bits per heavy atom. The van der Waals surface area contributed by atoms with Crippen molar-refractivity contribution in [2.75, 3.05) is 26.7 Å². The van der Waals surface area contributed by atoms with Crippen molar-refractivity contribution in [2.24, 2.45) is 4.99 Å². The van der Waals surface area contributed by atoms with Crippen LogP contribution in [0.2, 0.25) is 0 Å².